The van der Waals surface area contributed by atoms with Crippen LogP contribution < -0.4 is 15.0 Å². The molecule has 2 heterocycles. The maximum atomic E-state index is 13.6. The molecule has 0 amide bonds. The van der Waals surface area contributed by atoms with Crippen LogP contribution in [0.2, 0.25) is 5.02 Å². The van der Waals surface area contributed by atoms with Gasteiger partial charge in [-0.15, -0.1) is 0 Å². The molecule has 0 bridgehead atoms. The summed E-state index contributed by atoms with van der Waals surface area (Å²) in [7, 11) is 0. The second kappa shape index (κ2) is 12.6. The Morgan fingerprint density at radius 3 is 2.15 bits per heavy atom. The van der Waals surface area contributed by atoms with Crippen LogP contribution in [0.1, 0.15) is 66.6 Å². The van der Waals surface area contributed by atoms with E-state index in [0.29, 0.717) is 22.1 Å². The van der Waals surface area contributed by atoms with E-state index in [1.807, 2.05) is 66.7 Å². The van der Waals surface area contributed by atoms with Crippen molar-refractivity contribution in [3.8, 4) is 22.6 Å². The molecule has 5 aromatic carbocycles. The minimum absolute atomic E-state index is 0.348. The zero-order valence-corrected chi connectivity index (χ0v) is 26.9. The van der Waals surface area contributed by atoms with Gasteiger partial charge < -0.3 is 19.7 Å². The summed E-state index contributed by atoms with van der Waals surface area (Å²) in [4.78, 5) is 16.0. The van der Waals surface area contributed by atoms with Crippen molar-refractivity contribution in [2.75, 3.05) is 23.3 Å². The topological polar surface area (TPSA) is 50.8 Å². The molecule has 0 saturated carbocycles. The molecule has 1 N–H and O–H groups in total. The molecule has 46 heavy (non-hydrogen) atoms. The van der Waals surface area contributed by atoms with Crippen LogP contribution in [0.15, 0.2) is 109 Å². The molecular weight excluding hydrogens is 592 g/mol. The first-order chi connectivity index (χ1) is 22.5. The maximum Gasteiger partial charge on any atom is 0.340 e. The molecule has 0 aliphatic carbocycles. The average molecular weight is 629 g/mol. The number of anilines is 3. The van der Waals surface area contributed by atoms with Crippen molar-refractivity contribution in [2.24, 2.45) is 0 Å². The molecule has 2 aliphatic rings. The molecule has 7 rings (SSSR count). The predicted octanol–water partition coefficient (Wildman–Crippen LogP) is 10.7. The summed E-state index contributed by atoms with van der Waals surface area (Å²) < 4.78 is 13.4. The highest BCUT2D eigenvalue weighted by Crippen LogP contribution is 2.58. The van der Waals surface area contributed by atoms with Crippen LogP contribution in [0.3, 0.4) is 0 Å². The lowest BCUT2D eigenvalue weighted by Gasteiger charge is -2.38. The van der Waals surface area contributed by atoms with E-state index in [0.717, 1.165) is 83.7 Å². The first kappa shape index (κ1) is 29.9. The Bertz CT molecular complexity index is 1900. The minimum atomic E-state index is -1.18. The maximum absolute atomic E-state index is 13.6. The summed E-state index contributed by atoms with van der Waals surface area (Å²) in [6, 6.07) is 36.0. The van der Waals surface area contributed by atoms with Gasteiger partial charge in [-0.25, -0.2) is 4.79 Å². The number of hydrogen-bond donors (Lipinski definition) is 1. The van der Waals surface area contributed by atoms with Crippen LogP contribution in [-0.2, 0) is 10.3 Å². The van der Waals surface area contributed by atoms with E-state index in [4.69, 9.17) is 21.1 Å². The quantitative estimate of drug-likeness (QED) is 0.156. The molecule has 1 atom stereocenters. The first-order valence-corrected chi connectivity index (χ1v) is 16.6. The number of nitrogens with one attached hydrogen (secondary N) is 1. The van der Waals surface area contributed by atoms with Crippen molar-refractivity contribution in [3.05, 3.63) is 136 Å². The molecule has 0 radical (unpaired) electrons. The monoisotopic (exact) mass is 628 g/mol. The van der Waals surface area contributed by atoms with Crippen molar-refractivity contribution in [1.29, 1.82) is 0 Å². The fraction of sp³-hybridized carbons (Fsp3) is 0.225. The molecule has 2 aliphatic heterocycles. The number of hydrogen-bond acceptors (Lipinski definition) is 5. The van der Waals surface area contributed by atoms with Crippen LogP contribution in [0.25, 0.3) is 11.1 Å². The lowest BCUT2D eigenvalue weighted by atomic mass is 9.77. The third-order valence-corrected chi connectivity index (χ3v) is 9.32. The summed E-state index contributed by atoms with van der Waals surface area (Å²) in [6.07, 6.45) is 4.47. The van der Waals surface area contributed by atoms with Gasteiger partial charge in [-0.05, 0) is 60.9 Å². The van der Waals surface area contributed by atoms with E-state index >= 15 is 0 Å². The number of rotatable bonds is 10. The number of carbonyl (C=O) groups excluding carboxylic acids is 1. The molecule has 5 nitrogen and oxygen atoms in total. The fourth-order valence-electron chi connectivity index (χ4n) is 6.64. The molecule has 232 valence electrons. The van der Waals surface area contributed by atoms with Crippen molar-refractivity contribution < 1.29 is 14.3 Å². The minimum Gasteiger partial charge on any atom is -0.456 e. The highest BCUT2D eigenvalue weighted by Gasteiger charge is 2.53. The van der Waals surface area contributed by atoms with Gasteiger partial charge in [0.2, 0.25) is 0 Å². The second-order valence-corrected chi connectivity index (χ2v) is 12.4. The van der Waals surface area contributed by atoms with Gasteiger partial charge >= 0.3 is 5.97 Å². The van der Waals surface area contributed by atoms with Gasteiger partial charge in [0.1, 0.15) is 11.5 Å². The van der Waals surface area contributed by atoms with E-state index in [1.54, 1.807) is 0 Å². The fourth-order valence-corrected chi connectivity index (χ4v) is 6.82. The zero-order chi connectivity index (χ0) is 31.7. The standard InChI is InChI=1S/C40H37ClN2O3/c1-3-5-22-43(23-6-4-2)28-20-21-32-37(24-28)45-38-25-30(27-14-8-7-9-15-27)36(42-35-19-13-12-18-34(35)41)26-33(38)40(32)31-17-11-10-16-29(31)39(44)46-40/h7-21,24-26,42H,3-6,22-23H2,1-2H3. The average Bonchev–Trinajstić information content (AvgIpc) is 3.38. The van der Waals surface area contributed by atoms with Gasteiger partial charge in [-0.2, -0.15) is 0 Å². The Balaban J connectivity index is 1.45. The van der Waals surface area contributed by atoms with Gasteiger partial charge in [0.25, 0.3) is 0 Å². The summed E-state index contributed by atoms with van der Waals surface area (Å²) in [5.74, 6) is 0.989. The summed E-state index contributed by atoms with van der Waals surface area (Å²) >= 11 is 6.63. The second-order valence-electron chi connectivity index (χ2n) is 12.0. The predicted molar refractivity (Wildman–Crippen MR) is 187 cm³/mol. The van der Waals surface area contributed by atoms with Gasteiger partial charge in [-0.3, -0.25) is 0 Å². The zero-order valence-electron chi connectivity index (χ0n) is 26.2. The third kappa shape index (κ3) is 5.19. The summed E-state index contributed by atoms with van der Waals surface area (Å²) in [6.45, 7) is 6.40. The number of benzene rings is 5. The van der Waals surface area contributed by atoms with Gasteiger partial charge in [0, 0.05) is 52.8 Å². The molecule has 0 aromatic heterocycles. The Kier molecular flexibility index (Phi) is 8.18. The van der Waals surface area contributed by atoms with E-state index < -0.39 is 5.60 Å². The Hall–Kier alpha value is -4.74. The van der Waals surface area contributed by atoms with E-state index in [2.05, 4.69) is 66.5 Å². The molecule has 5 aromatic rings. The lowest BCUT2D eigenvalue weighted by Crippen LogP contribution is -2.33. The molecular formula is C40H37ClN2O3. The van der Waals surface area contributed by atoms with E-state index in [1.165, 1.54) is 0 Å². The Morgan fingerprint density at radius 1 is 0.696 bits per heavy atom. The largest absolute Gasteiger partial charge is 0.456 e. The highest BCUT2D eigenvalue weighted by atomic mass is 35.5. The van der Waals surface area contributed by atoms with Crippen LogP contribution >= 0.6 is 11.6 Å². The van der Waals surface area contributed by atoms with Crippen molar-refractivity contribution in [3.63, 3.8) is 0 Å². The van der Waals surface area contributed by atoms with Crippen molar-refractivity contribution in [2.45, 2.75) is 45.1 Å². The lowest BCUT2D eigenvalue weighted by molar-refractivity contribution is 0.0224. The normalized spacial score (nSPS) is 15.8. The van der Waals surface area contributed by atoms with Crippen LogP contribution in [0.4, 0.5) is 17.1 Å². The SMILES string of the molecule is CCCCN(CCCC)c1ccc2c(c1)Oc1cc(-c3ccccc3)c(Nc3ccccc3Cl)cc1C21OC(=O)c2ccccc21. The molecule has 0 fully saturated rings. The molecule has 1 spiro atoms. The third-order valence-electron chi connectivity index (χ3n) is 8.99. The summed E-state index contributed by atoms with van der Waals surface area (Å²) in [5.41, 5.74) is 6.43. The number of unbranched alkanes of at least 4 members (excludes halogenated alkanes) is 2. The summed E-state index contributed by atoms with van der Waals surface area (Å²) in [5, 5.41) is 4.19. The first-order valence-electron chi connectivity index (χ1n) is 16.2. The van der Waals surface area contributed by atoms with Crippen LogP contribution in [-0.4, -0.2) is 19.1 Å². The van der Waals surface area contributed by atoms with E-state index in [-0.39, 0.29) is 5.97 Å². The number of nitrogens with zero attached hydrogens (tertiary/aromatic N) is 1. The Labute approximate surface area is 275 Å². The van der Waals surface area contributed by atoms with Gasteiger partial charge in [0.05, 0.1) is 16.3 Å². The number of carbonyl (C=O) groups is 1. The van der Waals surface area contributed by atoms with Crippen LogP contribution in [0, 0.1) is 0 Å². The number of fused-ring (bicyclic) bond motifs is 6. The molecule has 1 unspecified atom stereocenters. The number of para-hydroxylation sites is 1. The molecule has 6 heteroatoms. The molecule has 0 saturated heterocycles. The number of esters is 1. The van der Waals surface area contributed by atoms with E-state index in [9.17, 15) is 4.79 Å². The van der Waals surface area contributed by atoms with Gasteiger partial charge in [-0.1, -0.05) is 99.0 Å². The van der Waals surface area contributed by atoms with Gasteiger partial charge in [0.15, 0.2) is 5.60 Å². The highest BCUT2D eigenvalue weighted by molar-refractivity contribution is 6.33. The smallest absolute Gasteiger partial charge is 0.340 e. The van der Waals surface area contributed by atoms with Crippen molar-refractivity contribution >= 4 is 34.6 Å². The van der Waals surface area contributed by atoms with Crippen LogP contribution in [0.5, 0.6) is 11.5 Å². The Morgan fingerprint density at radius 2 is 1.39 bits per heavy atom. The number of ether oxygens (including phenoxy) is 2. The van der Waals surface area contributed by atoms with Crippen molar-refractivity contribution in [1.82, 2.24) is 0 Å². The number of halogens is 1.